The number of piperidine rings is 1. The first-order valence-electron chi connectivity index (χ1n) is 5.06. The zero-order valence-corrected chi connectivity index (χ0v) is 8.64. The Labute approximate surface area is 92.2 Å². The molecule has 3 N–H and O–H groups in total. The SMILES string of the molecule is NCc1cc(C2CCC(=O)NC2=O)cnn1. The molecule has 1 aliphatic rings. The summed E-state index contributed by atoms with van der Waals surface area (Å²) in [6, 6.07) is 1.76. The van der Waals surface area contributed by atoms with Crippen LogP contribution in [0.25, 0.3) is 0 Å². The Morgan fingerprint density at radius 3 is 3.00 bits per heavy atom. The van der Waals surface area contributed by atoms with Crippen molar-refractivity contribution < 1.29 is 9.59 Å². The highest BCUT2D eigenvalue weighted by Gasteiger charge is 2.28. The summed E-state index contributed by atoms with van der Waals surface area (Å²) in [7, 11) is 0. The van der Waals surface area contributed by atoms with Gasteiger partial charge in [0.25, 0.3) is 0 Å². The Hall–Kier alpha value is -1.82. The monoisotopic (exact) mass is 220 g/mol. The Balaban J connectivity index is 2.23. The number of hydrogen-bond donors (Lipinski definition) is 2. The van der Waals surface area contributed by atoms with Crippen molar-refractivity contribution in [1.82, 2.24) is 15.5 Å². The lowest BCUT2D eigenvalue weighted by atomic mass is 9.91. The molecule has 2 rings (SSSR count). The number of rotatable bonds is 2. The summed E-state index contributed by atoms with van der Waals surface area (Å²) in [5.41, 5.74) is 6.85. The molecular weight excluding hydrogens is 208 g/mol. The number of carbonyl (C=O) groups is 2. The van der Waals surface area contributed by atoms with Crippen molar-refractivity contribution in [2.75, 3.05) is 0 Å². The van der Waals surface area contributed by atoms with Gasteiger partial charge in [-0.3, -0.25) is 14.9 Å². The largest absolute Gasteiger partial charge is 0.325 e. The van der Waals surface area contributed by atoms with Crippen molar-refractivity contribution in [1.29, 1.82) is 0 Å². The van der Waals surface area contributed by atoms with E-state index in [1.165, 1.54) is 0 Å². The summed E-state index contributed by atoms with van der Waals surface area (Å²) >= 11 is 0. The van der Waals surface area contributed by atoms with Crippen LogP contribution in [-0.4, -0.2) is 22.0 Å². The van der Waals surface area contributed by atoms with Crippen LogP contribution in [0.2, 0.25) is 0 Å². The maximum Gasteiger partial charge on any atom is 0.234 e. The smallest absolute Gasteiger partial charge is 0.234 e. The fourth-order valence-electron chi connectivity index (χ4n) is 1.73. The van der Waals surface area contributed by atoms with Crippen LogP contribution >= 0.6 is 0 Å². The van der Waals surface area contributed by atoms with Crippen LogP contribution in [0.4, 0.5) is 0 Å². The molecule has 1 atom stereocenters. The Kier molecular flexibility index (Phi) is 2.91. The minimum Gasteiger partial charge on any atom is -0.325 e. The van der Waals surface area contributed by atoms with Crippen LogP contribution in [0, 0.1) is 0 Å². The minimum absolute atomic E-state index is 0.220. The van der Waals surface area contributed by atoms with E-state index in [1.807, 2.05) is 0 Å². The first kappa shape index (κ1) is 10.7. The third-order valence-electron chi connectivity index (χ3n) is 2.58. The Bertz CT molecular complexity index is 433. The van der Waals surface area contributed by atoms with Crippen molar-refractivity contribution in [3.63, 3.8) is 0 Å². The second-order valence-electron chi connectivity index (χ2n) is 3.69. The molecule has 1 aromatic heterocycles. The lowest BCUT2D eigenvalue weighted by Crippen LogP contribution is -2.39. The number of amides is 2. The van der Waals surface area contributed by atoms with Crippen molar-refractivity contribution in [2.24, 2.45) is 5.73 Å². The van der Waals surface area contributed by atoms with E-state index in [1.54, 1.807) is 12.3 Å². The summed E-state index contributed by atoms with van der Waals surface area (Å²) in [4.78, 5) is 22.6. The standard InChI is InChI=1S/C10H12N4O2/c11-4-7-3-6(5-12-14-7)8-1-2-9(15)13-10(8)16/h3,5,8H,1-2,4,11H2,(H,13,15,16). The number of nitrogens with two attached hydrogens (primary N) is 1. The molecule has 1 aromatic rings. The highest BCUT2D eigenvalue weighted by Crippen LogP contribution is 2.23. The van der Waals surface area contributed by atoms with Gasteiger partial charge in [0.2, 0.25) is 11.8 Å². The van der Waals surface area contributed by atoms with Gasteiger partial charge in [0.15, 0.2) is 0 Å². The van der Waals surface area contributed by atoms with Crippen LogP contribution < -0.4 is 11.1 Å². The van der Waals surface area contributed by atoms with E-state index >= 15 is 0 Å². The van der Waals surface area contributed by atoms with Gasteiger partial charge in [-0.15, -0.1) is 0 Å². The molecule has 1 fully saturated rings. The predicted molar refractivity (Wildman–Crippen MR) is 55.0 cm³/mol. The fraction of sp³-hybridized carbons (Fsp3) is 0.400. The molecule has 0 saturated carbocycles. The zero-order chi connectivity index (χ0) is 11.5. The molecule has 0 radical (unpaired) electrons. The van der Waals surface area contributed by atoms with Crippen molar-refractivity contribution >= 4 is 11.8 Å². The molecule has 2 amide bonds. The van der Waals surface area contributed by atoms with Crippen molar-refractivity contribution in [3.05, 3.63) is 23.5 Å². The maximum absolute atomic E-state index is 11.6. The molecule has 1 aliphatic heterocycles. The molecule has 84 valence electrons. The van der Waals surface area contributed by atoms with Gasteiger partial charge in [0.05, 0.1) is 17.8 Å². The van der Waals surface area contributed by atoms with Crippen molar-refractivity contribution in [2.45, 2.75) is 25.3 Å². The fourth-order valence-corrected chi connectivity index (χ4v) is 1.73. The highest BCUT2D eigenvalue weighted by molar-refractivity contribution is 6.00. The van der Waals surface area contributed by atoms with E-state index in [2.05, 4.69) is 15.5 Å². The van der Waals surface area contributed by atoms with Crippen LogP contribution in [0.5, 0.6) is 0 Å². The van der Waals surface area contributed by atoms with E-state index in [4.69, 9.17) is 5.73 Å². The van der Waals surface area contributed by atoms with Crippen molar-refractivity contribution in [3.8, 4) is 0 Å². The highest BCUT2D eigenvalue weighted by atomic mass is 16.2. The van der Waals surface area contributed by atoms with E-state index in [9.17, 15) is 9.59 Å². The quantitative estimate of drug-likeness (QED) is 0.652. The summed E-state index contributed by atoms with van der Waals surface area (Å²) in [6.45, 7) is 0.286. The van der Waals surface area contributed by atoms with Gasteiger partial charge in [-0.25, -0.2) is 0 Å². The molecule has 0 aromatic carbocycles. The average molecular weight is 220 g/mol. The number of nitrogens with zero attached hydrogens (tertiary/aromatic N) is 2. The summed E-state index contributed by atoms with van der Waals surface area (Å²) in [5.74, 6) is -0.812. The molecule has 2 heterocycles. The Morgan fingerprint density at radius 1 is 1.50 bits per heavy atom. The number of imide groups is 1. The molecule has 0 spiro atoms. The molecule has 6 heteroatoms. The minimum atomic E-state index is -0.321. The second kappa shape index (κ2) is 4.36. The van der Waals surface area contributed by atoms with Gasteiger partial charge >= 0.3 is 0 Å². The molecular formula is C10H12N4O2. The van der Waals surface area contributed by atoms with Gasteiger partial charge < -0.3 is 5.73 Å². The lowest BCUT2D eigenvalue weighted by Gasteiger charge is -2.20. The topological polar surface area (TPSA) is 98.0 Å². The number of nitrogens with one attached hydrogen (secondary N) is 1. The first-order valence-corrected chi connectivity index (χ1v) is 5.06. The van der Waals surface area contributed by atoms with E-state index < -0.39 is 0 Å². The predicted octanol–water partition coefficient (Wildman–Crippen LogP) is -0.545. The lowest BCUT2D eigenvalue weighted by molar-refractivity contribution is -0.134. The summed E-state index contributed by atoms with van der Waals surface area (Å²) in [5, 5.41) is 9.92. The second-order valence-corrected chi connectivity index (χ2v) is 3.69. The molecule has 16 heavy (non-hydrogen) atoms. The van der Waals surface area contributed by atoms with Gasteiger partial charge in [0.1, 0.15) is 0 Å². The molecule has 1 unspecified atom stereocenters. The van der Waals surface area contributed by atoms with E-state index in [0.717, 1.165) is 5.56 Å². The van der Waals surface area contributed by atoms with Gasteiger partial charge in [0, 0.05) is 13.0 Å². The van der Waals surface area contributed by atoms with Crippen LogP contribution in [0.15, 0.2) is 12.3 Å². The summed E-state index contributed by atoms with van der Waals surface area (Å²) in [6.07, 6.45) is 2.41. The third kappa shape index (κ3) is 2.06. The molecule has 6 nitrogen and oxygen atoms in total. The number of aromatic nitrogens is 2. The zero-order valence-electron chi connectivity index (χ0n) is 8.64. The van der Waals surface area contributed by atoms with Crippen LogP contribution in [0.1, 0.15) is 30.0 Å². The Morgan fingerprint density at radius 2 is 2.31 bits per heavy atom. The van der Waals surface area contributed by atoms with Gasteiger partial charge in [-0.1, -0.05) is 0 Å². The van der Waals surface area contributed by atoms with Gasteiger partial charge in [-0.05, 0) is 18.1 Å². The van der Waals surface area contributed by atoms with E-state index in [0.29, 0.717) is 18.5 Å². The number of carbonyl (C=O) groups excluding carboxylic acids is 2. The molecule has 0 aliphatic carbocycles. The first-order chi connectivity index (χ1) is 7.70. The molecule has 1 saturated heterocycles. The maximum atomic E-state index is 11.6. The molecule has 0 bridgehead atoms. The normalized spacial score (nSPS) is 20.7. The van der Waals surface area contributed by atoms with Crippen LogP contribution in [-0.2, 0) is 16.1 Å². The third-order valence-corrected chi connectivity index (χ3v) is 2.58. The average Bonchev–Trinajstić information content (AvgIpc) is 2.29. The van der Waals surface area contributed by atoms with E-state index in [-0.39, 0.29) is 24.3 Å². The van der Waals surface area contributed by atoms with Gasteiger partial charge in [-0.2, -0.15) is 10.2 Å². The summed E-state index contributed by atoms with van der Waals surface area (Å²) < 4.78 is 0. The number of hydrogen-bond acceptors (Lipinski definition) is 5. The van der Waals surface area contributed by atoms with Crippen LogP contribution in [0.3, 0.4) is 0 Å².